The first-order valence-electron chi connectivity index (χ1n) is 6.26. The molecule has 5 heteroatoms. The van der Waals surface area contributed by atoms with Crippen LogP contribution in [0.25, 0.3) is 0 Å². The Balaban J connectivity index is 1.79. The summed E-state index contributed by atoms with van der Waals surface area (Å²) in [6.07, 6.45) is 4.22. The molecule has 0 bridgehead atoms. The number of hydrogen-bond acceptors (Lipinski definition) is 4. The van der Waals surface area contributed by atoms with Gasteiger partial charge in [0.25, 0.3) is 5.91 Å². The minimum absolute atomic E-state index is 0.117. The van der Waals surface area contributed by atoms with Crippen LogP contribution in [-0.2, 0) is 4.74 Å². The van der Waals surface area contributed by atoms with Crippen molar-refractivity contribution in [3.63, 3.8) is 0 Å². The van der Waals surface area contributed by atoms with Gasteiger partial charge in [-0.2, -0.15) is 0 Å². The van der Waals surface area contributed by atoms with Gasteiger partial charge in [-0.15, -0.1) is 0 Å². The van der Waals surface area contributed by atoms with Crippen molar-refractivity contribution in [3.8, 4) is 0 Å². The van der Waals surface area contributed by atoms with E-state index < -0.39 is 0 Å². The van der Waals surface area contributed by atoms with E-state index in [2.05, 4.69) is 15.6 Å². The molecule has 0 radical (unpaired) electrons. The second-order valence-corrected chi connectivity index (χ2v) is 4.51. The zero-order valence-electron chi connectivity index (χ0n) is 10.6. The van der Waals surface area contributed by atoms with E-state index in [0.717, 1.165) is 18.3 Å². The van der Waals surface area contributed by atoms with Crippen LogP contribution in [0.2, 0.25) is 0 Å². The molecule has 2 N–H and O–H groups in total. The van der Waals surface area contributed by atoms with E-state index in [1.807, 2.05) is 6.07 Å². The Hall–Kier alpha value is -1.62. The summed E-state index contributed by atoms with van der Waals surface area (Å²) < 4.78 is 4.87. The number of methoxy groups -OCH3 is 1. The van der Waals surface area contributed by atoms with Gasteiger partial charge in [0.15, 0.2) is 0 Å². The van der Waals surface area contributed by atoms with E-state index in [9.17, 15) is 4.79 Å². The summed E-state index contributed by atoms with van der Waals surface area (Å²) in [6.45, 7) is 2.00. The fourth-order valence-corrected chi connectivity index (χ4v) is 1.57. The number of aromatic nitrogens is 1. The first-order valence-corrected chi connectivity index (χ1v) is 6.26. The predicted molar refractivity (Wildman–Crippen MR) is 69.7 cm³/mol. The lowest BCUT2D eigenvalue weighted by atomic mass is 10.2. The normalized spacial score (nSPS) is 14.3. The lowest BCUT2D eigenvalue weighted by Gasteiger charge is -2.06. The van der Waals surface area contributed by atoms with Gasteiger partial charge in [0.2, 0.25) is 0 Å². The third-order valence-corrected chi connectivity index (χ3v) is 2.89. The molecule has 0 atom stereocenters. The van der Waals surface area contributed by atoms with Gasteiger partial charge in [-0.1, -0.05) is 0 Å². The van der Waals surface area contributed by atoms with Crippen molar-refractivity contribution in [2.45, 2.75) is 12.8 Å². The highest BCUT2D eigenvalue weighted by molar-refractivity contribution is 5.94. The van der Waals surface area contributed by atoms with Crippen molar-refractivity contribution in [2.24, 2.45) is 5.92 Å². The van der Waals surface area contributed by atoms with Crippen LogP contribution >= 0.6 is 0 Å². The fraction of sp³-hybridized carbons (Fsp3) is 0.538. The number of nitrogens with zero attached hydrogens (tertiary/aromatic N) is 1. The van der Waals surface area contributed by atoms with Crippen molar-refractivity contribution in [1.82, 2.24) is 10.3 Å². The maximum Gasteiger partial charge on any atom is 0.252 e. The van der Waals surface area contributed by atoms with Gasteiger partial charge in [0.1, 0.15) is 5.82 Å². The van der Waals surface area contributed by atoms with Crippen molar-refractivity contribution in [2.75, 3.05) is 32.1 Å². The summed E-state index contributed by atoms with van der Waals surface area (Å²) in [5, 5.41) is 6.02. The van der Waals surface area contributed by atoms with Crippen LogP contribution in [0, 0.1) is 5.92 Å². The lowest BCUT2D eigenvalue weighted by Crippen LogP contribution is -2.27. The highest BCUT2D eigenvalue weighted by Gasteiger charge is 2.20. The van der Waals surface area contributed by atoms with Gasteiger partial charge in [-0.25, -0.2) is 4.98 Å². The van der Waals surface area contributed by atoms with E-state index in [1.54, 1.807) is 19.4 Å². The fourth-order valence-electron chi connectivity index (χ4n) is 1.57. The minimum Gasteiger partial charge on any atom is -0.383 e. The van der Waals surface area contributed by atoms with Crippen LogP contribution < -0.4 is 10.6 Å². The molecule has 0 spiro atoms. The first-order chi connectivity index (χ1) is 8.79. The standard InChI is InChI=1S/C13H19N3O2/c1-18-7-6-14-13(17)11-4-5-12(16-9-11)15-8-10-2-3-10/h4-5,9-10H,2-3,6-8H2,1H3,(H,14,17)(H,15,16). The van der Waals surface area contributed by atoms with E-state index in [-0.39, 0.29) is 5.91 Å². The molecule has 1 fully saturated rings. The monoisotopic (exact) mass is 249 g/mol. The molecule has 2 rings (SSSR count). The molecular formula is C13H19N3O2. The number of anilines is 1. The van der Waals surface area contributed by atoms with Crippen LogP contribution in [0.1, 0.15) is 23.2 Å². The van der Waals surface area contributed by atoms with E-state index >= 15 is 0 Å². The number of amides is 1. The highest BCUT2D eigenvalue weighted by Crippen LogP contribution is 2.28. The Morgan fingerprint density at radius 3 is 2.94 bits per heavy atom. The zero-order valence-corrected chi connectivity index (χ0v) is 10.6. The van der Waals surface area contributed by atoms with Gasteiger partial charge in [-0.05, 0) is 30.9 Å². The molecule has 1 aliphatic rings. The molecular weight excluding hydrogens is 230 g/mol. The molecule has 1 aromatic rings. The van der Waals surface area contributed by atoms with Crippen molar-refractivity contribution in [3.05, 3.63) is 23.9 Å². The first kappa shape index (κ1) is 12.8. The molecule has 18 heavy (non-hydrogen) atoms. The number of pyridine rings is 1. The number of carbonyl (C=O) groups is 1. The summed E-state index contributed by atoms with van der Waals surface area (Å²) in [6, 6.07) is 3.62. The molecule has 98 valence electrons. The SMILES string of the molecule is COCCNC(=O)c1ccc(NCC2CC2)nc1. The van der Waals surface area contributed by atoms with Crippen molar-refractivity contribution in [1.29, 1.82) is 0 Å². The average Bonchev–Trinajstić information content (AvgIpc) is 3.21. The van der Waals surface area contributed by atoms with Crippen LogP contribution in [-0.4, -0.2) is 37.7 Å². The Labute approximate surface area is 107 Å². The maximum absolute atomic E-state index is 11.7. The smallest absolute Gasteiger partial charge is 0.252 e. The second-order valence-electron chi connectivity index (χ2n) is 4.51. The molecule has 1 aromatic heterocycles. The van der Waals surface area contributed by atoms with Gasteiger partial charge >= 0.3 is 0 Å². The highest BCUT2D eigenvalue weighted by atomic mass is 16.5. The van der Waals surface area contributed by atoms with Gasteiger partial charge in [0, 0.05) is 26.4 Å². The molecule has 1 amide bonds. The number of nitrogens with one attached hydrogen (secondary N) is 2. The quantitative estimate of drug-likeness (QED) is 0.715. The maximum atomic E-state index is 11.7. The molecule has 1 heterocycles. The molecule has 0 aromatic carbocycles. The summed E-state index contributed by atoms with van der Waals surface area (Å²) in [5.41, 5.74) is 0.572. The van der Waals surface area contributed by atoms with Crippen LogP contribution in [0.3, 0.4) is 0 Å². The zero-order chi connectivity index (χ0) is 12.8. The third-order valence-electron chi connectivity index (χ3n) is 2.89. The Morgan fingerprint density at radius 1 is 1.50 bits per heavy atom. The molecule has 1 aliphatic carbocycles. The summed E-state index contributed by atoms with van der Waals surface area (Å²) in [7, 11) is 1.61. The number of hydrogen-bond donors (Lipinski definition) is 2. The Kier molecular flexibility index (Phi) is 4.52. The Bertz CT molecular complexity index is 388. The topological polar surface area (TPSA) is 63.2 Å². The van der Waals surface area contributed by atoms with Crippen molar-refractivity contribution >= 4 is 11.7 Å². The summed E-state index contributed by atoms with van der Waals surface area (Å²) in [4.78, 5) is 15.9. The molecule has 0 aliphatic heterocycles. The summed E-state index contributed by atoms with van der Waals surface area (Å²) >= 11 is 0. The molecule has 0 saturated heterocycles. The number of rotatable bonds is 7. The van der Waals surface area contributed by atoms with E-state index in [4.69, 9.17) is 4.74 Å². The van der Waals surface area contributed by atoms with E-state index in [1.165, 1.54) is 12.8 Å². The second kappa shape index (κ2) is 6.35. The van der Waals surface area contributed by atoms with Crippen LogP contribution in [0.5, 0.6) is 0 Å². The number of carbonyl (C=O) groups excluding carboxylic acids is 1. The molecule has 0 unspecified atom stereocenters. The van der Waals surface area contributed by atoms with Crippen LogP contribution in [0.4, 0.5) is 5.82 Å². The molecule has 5 nitrogen and oxygen atoms in total. The van der Waals surface area contributed by atoms with Gasteiger partial charge < -0.3 is 15.4 Å². The van der Waals surface area contributed by atoms with Gasteiger partial charge in [0.05, 0.1) is 12.2 Å². The lowest BCUT2D eigenvalue weighted by molar-refractivity contribution is 0.0937. The average molecular weight is 249 g/mol. The van der Waals surface area contributed by atoms with Gasteiger partial charge in [-0.3, -0.25) is 4.79 Å². The largest absolute Gasteiger partial charge is 0.383 e. The third kappa shape index (κ3) is 4.00. The minimum atomic E-state index is -0.117. The Morgan fingerprint density at radius 2 is 2.33 bits per heavy atom. The van der Waals surface area contributed by atoms with E-state index in [0.29, 0.717) is 18.7 Å². The number of ether oxygens (including phenoxy) is 1. The summed E-state index contributed by atoms with van der Waals surface area (Å²) in [5.74, 6) is 1.52. The van der Waals surface area contributed by atoms with Crippen LogP contribution in [0.15, 0.2) is 18.3 Å². The molecule has 1 saturated carbocycles. The van der Waals surface area contributed by atoms with Crippen molar-refractivity contribution < 1.29 is 9.53 Å². The predicted octanol–water partition coefficient (Wildman–Crippen LogP) is 1.28.